The van der Waals surface area contributed by atoms with Crippen LogP contribution in [0.2, 0.25) is 0 Å². The van der Waals surface area contributed by atoms with Crippen LogP contribution in [-0.2, 0) is 23.0 Å². The number of ether oxygens (including phenoxy) is 1. The van der Waals surface area contributed by atoms with Gasteiger partial charge in [-0.3, -0.25) is 4.79 Å². The Morgan fingerprint density at radius 1 is 1.16 bits per heavy atom. The van der Waals surface area contributed by atoms with E-state index in [0.717, 1.165) is 12.0 Å². The first-order valence-electron chi connectivity index (χ1n) is 8.59. The molecule has 2 rings (SSSR count). The van der Waals surface area contributed by atoms with Crippen molar-refractivity contribution >= 4 is 11.9 Å². The molecule has 0 aliphatic carbocycles. The first-order valence-corrected chi connectivity index (χ1v) is 8.59. The number of hydrogen-bond donors (Lipinski definition) is 1. The monoisotopic (exact) mass is 342 g/mol. The van der Waals surface area contributed by atoms with Crippen LogP contribution in [0.5, 0.6) is 0 Å². The molecule has 0 bridgehead atoms. The Morgan fingerprint density at radius 3 is 2.36 bits per heavy atom. The number of aryl methyl sites for hydroxylation is 2. The largest absolute Gasteiger partial charge is 0.451 e. The van der Waals surface area contributed by atoms with Gasteiger partial charge in [-0.1, -0.05) is 45.0 Å². The number of benzene rings is 1. The van der Waals surface area contributed by atoms with Crippen molar-refractivity contribution in [3.8, 4) is 0 Å². The van der Waals surface area contributed by atoms with Crippen molar-refractivity contribution in [2.75, 3.05) is 6.61 Å². The predicted octanol–water partition coefficient (Wildman–Crippen LogP) is 3.26. The van der Waals surface area contributed by atoms with E-state index in [1.807, 2.05) is 12.1 Å². The number of rotatable bonds is 7. The predicted molar refractivity (Wildman–Crippen MR) is 97.2 cm³/mol. The normalized spacial score (nSPS) is 12.0. The third kappa shape index (κ3) is 4.95. The molecule has 0 aliphatic rings. The van der Waals surface area contributed by atoms with E-state index in [1.165, 1.54) is 5.56 Å². The molecule has 1 aromatic carbocycles. The summed E-state index contributed by atoms with van der Waals surface area (Å²) in [4.78, 5) is 24.2. The average Bonchev–Trinajstić information content (AvgIpc) is 3.03. The lowest BCUT2D eigenvalue weighted by Crippen LogP contribution is -2.35. The topological polar surface area (TPSA) is 60.3 Å². The Bertz CT molecular complexity index is 717. The summed E-state index contributed by atoms with van der Waals surface area (Å²) >= 11 is 0. The molecule has 25 heavy (non-hydrogen) atoms. The number of hydrogen-bond acceptors (Lipinski definition) is 3. The second-order valence-corrected chi connectivity index (χ2v) is 6.46. The van der Waals surface area contributed by atoms with E-state index in [1.54, 1.807) is 29.9 Å². The van der Waals surface area contributed by atoms with Gasteiger partial charge in [-0.2, -0.15) is 0 Å². The Morgan fingerprint density at radius 2 is 1.84 bits per heavy atom. The van der Waals surface area contributed by atoms with Crippen molar-refractivity contribution in [2.45, 2.75) is 33.2 Å². The van der Waals surface area contributed by atoms with E-state index in [9.17, 15) is 9.59 Å². The van der Waals surface area contributed by atoms with Crippen LogP contribution in [0.4, 0.5) is 0 Å². The minimum absolute atomic E-state index is 0.118. The highest BCUT2D eigenvalue weighted by atomic mass is 16.5. The van der Waals surface area contributed by atoms with Crippen LogP contribution < -0.4 is 5.32 Å². The maximum Gasteiger partial charge on any atom is 0.355 e. The molecule has 5 nitrogen and oxygen atoms in total. The molecular weight excluding hydrogens is 316 g/mol. The quantitative estimate of drug-likeness (QED) is 0.786. The van der Waals surface area contributed by atoms with Gasteiger partial charge in [0.25, 0.3) is 5.91 Å². The Balaban J connectivity index is 1.95. The minimum atomic E-state index is -0.504. The van der Waals surface area contributed by atoms with Gasteiger partial charge < -0.3 is 14.6 Å². The molecule has 1 heterocycles. The molecule has 0 unspecified atom stereocenters. The molecule has 1 N–H and O–H groups in total. The van der Waals surface area contributed by atoms with Crippen LogP contribution in [0.3, 0.4) is 0 Å². The molecule has 134 valence electrons. The standard InChI is InChI=1S/C20H26N2O3/c1-5-15-8-10-16(11-9-15)19(14(2)3)21-18(23)13-25-20(24)17-7-6-12-22(17)4/h6-12,14,19H,5,13H2,1-4H3,(H,21,23)/t19-/m0/s1. The number of nitrogens with one attached hydrogen (secondary N) is 1. The summed E-state index contributed by atoms with van der Waals surface area (Å²) in [5.74, 6) is -0.586. The lowest BCUT2D eigenvalue weighted by molar-refractivity contribution is -0.125. The third-order valence-electron chi connectivity index (χ3n) is 4.22. The second kappa shape index (κ2) is 8.51. The number of nitrogens with zero attached hydrogens (tertiary/aromatic N) is 1. The van der Waals surface area contributed by atoms with Crippen molar-refractivity contribution in [3.05, 3.63) is 59.4 Å². The van der Waals surface area contributed by atoms with Crippen LogP contribution in [0.15, 0.2) is 42.6 Å². The van der Waals surface area contributed by atoms with Gasteiger partial charge in [0.1, 0.15) is 5.69 Å². The molecule has 1 amide bonds. The van der Waals surface area contributed by atoms with Gasteiger partial charge in [-0.05, 0) is 35.6 Å². The fraction of sp³-hybridized carbons (Fsp3) is 0.400. The van der Waals surface area contributed by atoms with Crippen LogP contribution in [0, 0.1) is 5.92 Å². The molecule has 0 radical (unpaired) electrons. The molecule has 0 spiro atoms. The van der Waals surface area contributed by atoms with Gasteiger partial charge in [0, 0.05) is 13.2 Å². The number of carbonyl (C=O) groups is 2. The number of esters is 1. The summed E-state index contributed by atoms with van der Waals surface area (Å²) in [5, 5.41) is 2.96. The summed E-state index contributed by atoms with van der Waals surface area (Å²) in [6, 6.07) is 11.5. The number of aromatic nitrogens is 1. The molecule has 1 atom stereocenters. The molecule has 2 aromatic rings. The molecule has 0 saturated carbocycles. The summed E-state index contributed by atoms with van der Waals surface area (Å²) in [7, 11) is 1.76. The lowest BCUT2D eigenvalue weighted by atomic mass is 9.95. The maximum absolute atomic E-state index is 12.2. The van der Waals surface area contributed by atoms with Gasteiger partial charge in [-0.25, -0.2) is 4.79 Å². The van der Waals surface area contributed by atoms with Gasteiger partial charge in [-0.15, -0.1) is 0 Å². The van der Waals surface area contributed by atoms with Gasteiger partial charge in [0.15, 0.2) is 6.61 Å². The zero-order valence-electron chi connectivity index (χ0n) is 15.3. The van der Waals surface area contributed by atoms with Crippen molar-refractivity contribution in [2.24, 2.45) is 13.0 Å². The highest BCUT2D eigenvalue weighted by Crippen LogP contribution is 2.22. The Hall–Kier alpha value is -2.56. The Kier molecular flexibility index (Phi) is 6.39. The summed E-state index contributed by atoms with van der Waals surface area (Å²) in [6.07, 6.45) is 2.74. The highest BCUT2D eigenvalue weighted by molar-refractivity contribution is 5.90. The molecule has 0 fully saturated rings. The van der Waals surface area contributed by atoms with Crippen molar-refractivity contribution in [3.63, 3.8) is 0 Å². The van der Waals surface area contributed by atoms with Crippen molar-refractivity contribution in [1.82, 2.24) is 9.88 Å². The lowest BCUT2D eigenvalue weighted by Gasteiger charge is -2.23. The van der Waals surface area contributed by atoms with Gasteiger partial charge >= 0.3 is 5.97 Å². The second-order valence-electron chi connectivity index (χ2n) is 6.46. The highest BCUT2D eigenvalue weighted by Gasteiger charge is 2.20. The molecule has 0 saturated heterocycles. The molecule has 5 heteroatoms. The zero-order chi connectivity index (χ0) is 18.4. The Labute approximate surface area is 149 Å². The number of amides is 1. The molecular formula is C20H26N2O3. The summed E-state index contributed by atoms with van der Waals surface area (Å²) < 4.78 is 6.77. The fourth-order valence-electron chi connectivity index (χ4n) is 2.69. The van der Waals surface area contributed by atoms with Crippen molar-refractivity contribution < 1.29 is 14.3 Å². The summed E-state index contributed by atoms with van der Waals surface area (Å²) in [6.45, 7) is 5.92. The molecule has 1 aromatic heterocycles. The van der Waals surface area contributed by atoms with Crippen LogP contribution >= 0.6 is 0 Å². The van der Waals surface area contributed by atoms with E-state index in [0.29, 0.717) is 5.69 Å². The van der Waals surface area contributed by atoms with Crippen LogP contribution in [0.25, 0.3) is 0 Å². The SMILES string of the molecule is CCc1ccc([C@@H](NC(=O)COC(=O)c2cccn2C)C(C)C)cc1. The first-order chi connectivity index (χ1) is 11.9. The first kappa shape index (κ1) is 18.8. The summed E-state index contributed by atoms with van der Waals surface area (Å²) in [5.41, 5.74) is 2.73. The van der Waals surface area contributed by atoms with E-state index in [-0.39, 0.29) is 24.5 Å². The van der Waals surface area contributed by atoms with Gasteiger partial charge in [0.2, 0.25) is 0 Å². The van der Waals surface area contributed by atoms with Crippen LogP contribution in [-0.4, -0.2) is 23.1 Å². The van der Waals surface area contributed by atoms with E-state index < -0.39 is 5.97 Å². The number of carbonyl (C=O) groups excluding carboxylic acids is 2. The zero-order valence-corrected chi connectivity index (χ0v) is 15.3. The van der Waals surface area contributed by atoms with Crippen LogP contribution in [0.1, 0.15) is 48.4 Å². The fourth-order valence-corrected chi connectivity index (χ4v) is 2.69. The minimum Gasteiger partial charge on any atom is -0.451 e. The van der Waals surface area contributed by atoms with Crippen molar-refractivity contribution in [1.29, 1.82) is 0 Å². The van der Waals surface area contributed by atoms with E-state index >= 15 is 0 Å². The van der Waals surface area contributed by atoms with Gasteiger partial charge in [0.05, 0.1) is 6.04 Å². The smallest absolute Gasteiger partial charge is 0.355 e. The average molecular weight is 342 g/mol. The maximum atomic E-state index is 12.2. The van der Waals surface area contributed by atoms with E-state index in [2.05, 4.69) is 38.2 Å². The molecule has 0 aliphatic heterocycles. The van der Waals surface area contributed by atoms with E-state index in [4.69, 9.17) is 4.74 Å². The third-order valence-corrected chi connectivity index (χ3v) is 4.22.